The maximum absolute atomic E-state index is 12.4. The highest BCUT2D eigenvalue weighted by molar-refractivity contribution is 6.30. The Kier molecular flexibility index (Phi) is 7.75. The van der Waals surface area contributed by atoms with Crippen molar-refractivity contribution in [2.24, 2.45) is 0 Å². The Balaban J connectivity index is 2.15. The third kappa shape index (κ3) is 5.93. The molecule has 0 saturated carbocycles. The van der Waals surface area contributed by atoms with Crippen LogP contribution in [0.5, 0.6) is 11.5 Å². The molecule has 1 atom stereocenters. The highest BCUT2D eigenvalue weighted by Crippen LogP contribution is 2.24. The van der Waals surface area contributed by atoms with E-state index in [0.717, 1.165) is 5.56 Å². The summed E-state index contributed by atoms with van der Waals surface area (Å²) in [6.45, 7) is 5.05. The van der Waals surface area contributed by atoms with Crippen molar-refractivity contribution in [3.8, 4) is 11.5 Å². The smallest absolute Gasteiger partial charge is 0.251 e. The Hall–Kier alpha value is -2.24. The summed E-state index contributed by atoms with van der Waals surface area (Å²) in [5.74, 6) is 1.18. The summed E-state index contributed by atoms with van der Waals surface area (Å²) in [6, 6.07) is 12.4. The van der Waals surface area contributed by atoms with Crippen LogP contribution in [-0.2, 0) is 11.3 Å². The number of amides is 1. The molecule has 1 amide bonds. The van der Waals surface area contributed by atoms with E-state index in [1.165, 1.54) is 0 Å². The van der Waals surface area contributed by atoms with Crippen LogP contribution in [0.3, 0.4) is 0 Å². The van der Waals surface area contributed by atoms with Crippen LogP contribution in [0.4, 0.5) is 0 Å². The van der Waals surface area contributed by atoms with Crippen LogP contribution in [-0.4, -0.2) is 32.3 Å². The van der Waals surface area contributed by atoms with E-state index in [2.05, 4.69) is 5.32 Å². The average molecular weight is 378 g/mol. The first-order valence-corrected chi connectivity index (χ1v) is 8.85. The average Bonchev–Trinajstić information content (AvgIpc) is 2.61. The number of benzene rings is 2. The van der Waals surface area contributed by atoms with Gasteiger partial charge in [-0.1, -0.05) is 17.7 Å². The molecule has 0 saturated heterocycles. The number of carbonyl (C=O) groups is 1. The molecule has 2 aromatic carbocycles. The van der Waals surface area contributed by atoms with Crippen molar-refractivity contribution in [1.29, 1.82) is 0 Å². The molecule has 2 aromatic rings. The second kappa shape index (κ2) is 10.0. The lowest BCUT2D eigenvalue weighted by Crippen LogP contribution is -2.35. The minimum atomic E-state index is -0.165. The number of ether oxygens (including phenoxy) is 3. The van der Waals surface area contributed by atoms with Gasteiger partial charge in [-0.3, -0.25) is 4.79 Å². The first kappa shape index (κ1) is 20.1. The molecule has 1 N–H and O–H groups in total. The Morgan fingerprint density at radius 3 is 2.69 bits per heavy atom. The predicted octanol–water partition coefficient (Wildman–Crippen LogP) is 4.08. The predicted molar refractivity (Wildman–Crippen MR) is 102 cm³/mol. The maximum atomic E-state index is 12.4. The van der Waals surface area contributed by atoms with E-state index >= 15 is 0 Å². The van der Waals surface area contributed by atoms with Crippen molar-refractivity contribution < 1.29 is 19.0 Å². The molecule has 0 aromatic heterocycles. The molecule has 0 radical (unpaired) electrons. The number of halogens is 1. The Morgan fingerprint density at radius 2 is 2.00 bits per heavy atom. The first-order valence-electron chi connectivity index (χ1n) is 8.47. The van der Waals surface area contributed by atoms with E-state index in [0.29, 0.717) is 35.3 Å². The van der Waals surface area contributed by atoms with Crippen molar-refractivity contribution in [2.75, 3.05) is 20.3 Å². The van der Waals surface area contributed by atoms with E-state index < -0.39 is 0 Å². The van der Waals surface area contributed by atoms with E-state index in [-0.39, 0.29) is 18.6 Å². The second-order valence-electron chi connectivity index (χ2n) is 5.83. The number of rotatable bonds is 9. The Bertz CT molecular complexity index is 736. The monoisotopic (exact) mass is 377 g/mol. The van der Waals surface area contributed by atoms with Gasteiger partial charge in [0, 0.05) is 29.3 Å². The molecule has 140 valence electrons. The molecular formula is C20H24ClNO4. The fourth-order valence-corrected chi connectivity index (χ4v) is 2.63. The summed E-state index contributed by atoms with van der Waals surface area (Å²) in [5.41, 5.74) is 1.33. The highest BCUT2D eigenvalue weighted by atomic mass is 35.5. The minimum Gasteiger partial charge on any atom is -0.493 e. The van der Waals surface area contributed by atoms with Gasteiger partial charge in [-0.05, 0) is 50.2 Å². The zero-order chi connectivity index (χ0) is 18.9. The van der Waals surface area contributed by atoms with Gasteiger partial charge in [-0.2, -0.15) is 0 Å². The molecule has 0 unspecified atom stereocenters. The van der Waals surface area contributed by atoms with Crippen LogP contribution in [0.1, 0.15) is 29.8 Å². The van der Waals surface area contributed by atoms with Gasteiger partial charge >= 0.3 is 0 Å². The summed E-state index contributed by atoms with van der Waals surface area (Å²) in [5, 5.41) is 3.50. The van der Waals surface area contributed by atoms with E-state index in [4.69, 9.17) is 25.8 Å². The molecule has 0 bridgehead atoms. The van der Waals surface area contributed by atoms with E-state index in [9.17, 15) is 4.79 Å². The summed E-state index contributed by atoms with van der Waals surface area (Å²) < 4.78 is 16.5. The molecule has 0 spiro atoms. The van der Waals surface area contributed by atoms with E-state index in [1.54, 1.807) is 37.4 Å². The molecule has 5 nitrogen and oxygen atoms in total. The largest absolute Gasteiger partial charge is 0.493 e. The minimum absolute atomic E-state index is 0.0785. The van der Waals surface area contributed by atoms with Crippen LogP contribution in [0.25, 0.3) is 0 Å². The maximum Gasteiger partial charge on any atom is 0.251 e. The van der Waals surface area contributed by atoms with Crippen LogP contribution < -0.4 is 14.8 Å². The fraction of sp³-hybridized carbons (Fsp3) is 0.350. The van der Waals surface area contributed by atoms with Crippen molar-refractivity contribution in [3.63, 3.8) is 0 Å². The fourth-order valence-electron chi connectivity index (χ4n) is 2.45. The lowest BCUT2D eigenvalue weighted by molar-refractivity contribution is 0.0905. The van der Waals surface area contributed by atoms with Gasteiger partial charge < -0.3 is 19.5 Å². The molecule has 6 heteroatoms. The van der Waals surface area contributed by atoms with Crippen LogP contribution in [0.15, 0.2) is 42.5 Å². The van der Waals surface area contributed by atoms with Crippen LogP contribution >= 0.6 is 11.6 Å². The third-order valence-electron chi connectivity index (χ3n) is 3.61. The summed E-state index contributed by atoms with van der Waals surface area (Å²) in [6.07, 6.45) is 0. The van der Waals surface area contributed by atoms with Gasteiger partial charge in [0.05, 0.1) is 13.2 Å². The zero-order valence-corrected chi connectivity index (χ0v) is 16.0. The van der Waals surface area contributed by atoms with Crippen molar-refractivity contribution in [3.05, 3.63) is 58.6 Å². The standard InChI is InChI=1S/C20H24ClNO4/c1-4-25-19-9-8-15(20(23)22-14(2)12-24-3)10-16(19)13-26-18-7-5-6-17(21)11-18/h5-11,14H,4,12-13H2,1-3H3,(H,22,23)/t14-/m1/s1. The quantitative estimate of drug-likeness (QED) is 0.715. The molecular weight excluding hydrogens is 354 g/mol. The van der Waals surface area contributed by atoms with E-state index in [1.807, 2.05) is 26.0 Å². The molecule has 26 heavy (non-hydrogen) atoms. The molecule has 2 rings (SSSR count). The summed E-state index contributed by atoms with van der Waals surface area (Å²) >= 11 is 5.98. The van der Waals surface area contributed by atoms with Crippen LogP contribution in [0.2, 0.25) is 5.02 Å². The van der Waals surface area contributed by atoms with Crippen molar-refractivity contribution in [1.82, 2.24) is 5.32 Å². The summed E-state index contributed by atoms with van der Waals surface area (Å²) in [4.78, 5) is 12.4. The third-order valence-corrected chi connectivity index (χ3v) is 3.84. The second-order valence-corrected chi connectivity index (χ2v) is 6.27. The van der Waals surface area contributed by atoms with Crippen molar-refractivity contribution >= 4 is 17.5 Å². The molecule has 0 aliphatic heterocycles. The molecule has 0 aliphatic carbocycles. The Morgan fingerprint density at radius 1 is 1.19 bits per heavy atom. The lowest BCUT2D eigenvalue weighted by Gasteiger charge is -2.15. The lowest BCUT2D eigenvalue weighted by atomic mass is 10.1. The number of nitrogens with one attached hydrogen (secondary N) is 1. The first-order chi connectivity index (χ1) is 12.5. The van der Waals surface area contributed by atoms with Gasteiger partial charge in [-0.25, -0.2) is 0 Å². The normalized spacial score (nSPS) is 11.7. The number of methoxy groups -OCH3 is 1. The topological polar surface area (TPSA) is 56.8 Å². The molecule has 0 heterocycles. The SMILES string of the molecule is CCOc1ccc(C(=O)N[C@H](C)COC)cc1COc1cccc(Cl)c1. The number of carbonyl (C=O) groups excluding carboxylic acids is 1. The molecule has 0 aliphatic rings. The number of hydrogen-bond acceptors (Lipinski definition) is 4. The number of hydrogen-bond donors (Lipinski definition) is 1. The molecule has 0 fully saturated rings. The highest BCUT2D eigenvalue weighted by Gasteiger charge is 2.13. The Labute approximate surface area is 159 Å². The van der Waals surface area contributed by atoms with Crippen molar-refractivity contribution in [2.45, 2.75) is 26.5 Å². The van der Waals surface area contributed by atoms with Gasteiger partial charge in [0.1, 0.15) is 18.1 Å². The van der Waals surface area contributed by atoms with Gasteiger partial charge in [-0.15, -0.1) is 0 Å². The van der Waals surface area contributed by atoms with Gasteiger partial charge in [0.15, 0.2) is 0 Å². The summed E-state index contributed by atoms with van der Waals surface area (Å²) in [7, 11) is 1.60. The van der Waals surface area contributed by atoms with Crippen LogP contribution in [0, 0.1) is 0 Å². The zero-order valence-electron chi connectivity index (χ0n) is 15.3. The van der Waals surface area contributed by atoms with Gasteiger partial charge in [0.25, 0.3) is 5.91 Å². The van der Waals surface area contributed by atoms with Gasteiger partial charge in [0.2, 0.25) is 0 Å².